The van der Waals surface area contributed by atoms with Crippen LogP contribution in [0.4, 0.5) is 0 Å². The van der Waals surface area contributed by atoms with Crippen molar-refractivity contribution in [2.24, 2.45) is 11.8 Å². The van der Waals surface area contributed by atoms with E-state index in [4.69, 9.17) is 0 Å². The predicted molar refractivity (Wildman–Crippen MR) is 72.5 cm³/mol. The molecule has 3 aliphatic rings. The van der Waals surface area contributed by atoms with E-state index in [2.05, 4.69) is 12.2 Å². The molecule has 0 aromatic rings. The molecule has 0 spiro atoms. The number of hydrogen-bond acceptors (Lipinski definition) is 4. The van der Waals surface area contributed by atoms with E-state index in [1.54, 1.807) is 0 Å². The molecule has 3 rings (SSSR count). The fourth-order valence-corrected chi connectivity index (χ4v) is 5.84. The first-order chi connectivity index (χ1) is 8.96. The van der Waals surface area contributed by atoms with Crippen LogP contribution in [0, 0.1) is 11.8 Å². The van der Waals surface area contributed by atoms with Gasteiger partial charge < -0.3 is 10.2 Å². The molecule has 6 heteroatoms. The van der Waals surface area contributed by atoms with Gasteiger partial charge >= 0.3 is 0 Å². The topological polar surface area (TPSA) is 66.5 Å². The van der Waals surface area contributed by atoms with Crippen LogP contribution in [0.3, 0.4) is 0 Å². The van der Waals surface area contributed by atoms with Gasteiger partial charge in [-0.15, -0.1) is 0 Å². The molecule has 5 nitrogen and oxygen atoms in total. The van der Waals surface area contributed by atoms with Gasteiger partial charge in [0.1, 0.15) is 0 Å². The van der Waals surface area contributed by atoms with Crippen molar-refractivity contribution in [3.05, 3.63) is 0 Å². The van der Waals surface area contributed by atoms with Crippen molar-refractivity contribution >= 4 is 15.7 Å². The molecular weight excluding hydrogens is 264 g/mol. The van der Waals surface area contributed by atoms with Crippen molar-refractivity contribution in [1.29, 1.82) is 0 Å². The molecule has 0 radical (unpaired) electrons. The second-order valence-electron chi connectivity index (χ2n) is 6.34. The third-order valence-electron chi connectivity index (χ3n) is 4.86. The van der Waals surface area contributed by atoms with Crippen LogP contribution in [0.1, 0.15) is 26.2 Å². The van der Waals surface area contributed by atoms with Crippen molar-refractivity contribution in [2.75, 3.05) is 24.6 Å². The molecule has 4 unspecified atom stereocenters. The van der Waals surface area contributed by atoms with E-state index in [9.17, 15) is 13.2 Å². The van der Waals surface area contributed by atoms with Crippen LogP contribution in [-0.2, 0) is 14.6 Å². The van der Waals surface area contributed by atoms with E-state index >= 15 is 0 Å². The van der Waals surface area contributed by atoms with E-state index in [1.807, 2.05) is 4.90 Å². The Hall–Kier alpha value is -0.620. The third-order valence-corrected chi connectivity index (χ3v) is 6.70. The van der Waals surface area contributed by atoms with Crippen molar-refractivity contribution in [1.82, 2.24) is 10.2 Å². The highest BCUT2D eigenvalue weighted by Gasteiger charge is 2.44. The summed E-state index contributed by atoms with van der Waals surface area (Å²) >= 11 is 0. The Morgan fingerprint density at radius 2 is 2.16 bits per heavy atom. The lowest BCUT2D eigenvalue weighted by atomic mass is 10.0. The normalized spacial score (nSPS) is 40.6. The Morgan fingerprint density at radius 1 is 1.37 bits per heavy atom. The van der Waals surface area contributed by atoms with E-state index in [0.717, 1.165) is 19.5 Å². The second kappa shape index (κ2) is 4.74. The summed E-state index contributed by atoms with van der Waals surface area (Å²) in [6, 6.07) is 0.642. The maximum absolute atomic E-state index is 12.5. The predicted octanol–water partition coefficient (Wildman–Crippen LogP) is 0.0200. The summed E-state index contributed by atoms with van der Waals surface area (Å²) in [5.41, 5.74) is 0. The quantitative estimate of drug-likeness (QED) is 0.777. The van der Waals surface area contributed by atoms with Crippen LogP contribution in [0.5, 0.6) is 0 Å². The zero-order valence-electron chi connectivity index (χ0n) is 11.3. The number of sulfone groups is 1. The van der Waals surface area contributed by atoms with Crippen LogP contribution >= 0.6 is 0 Å². The molecule has 108 valence electrons. The molecule has 1 N–H and O–H groups in total. The fourth-order valence-electron chi connectivity index (χ4n) is 3.98. The van der Waals surface area contributed by atoms with Gasteiger partial charge in [0.05, 0.1) is 11.5 Å². The molecular formula is C13H22N2O3S. The minimum absolute atomic E-state index is 0.0399. The van der Waals surface area contributed by atoms with Crippen LogP contribution in [0.25, 0.3) is 0 Å². The number of carbonyl (C=O) groups is 1. The van der Waals surface area contributed by atoms with Crippen LogP contribution in [-0.4, -0.2) is 55.9 Å². The minimum atomic E-state index is -2.88. The van der Waals surface area contributed by atoms with Gasteiger partial charge in [0, 0.05) is 31.6 Å². The van der Waals surface area contributed by atoms with E-state index in [1.165, 1.54) is 0 Å². The van der Waals surface area contributed by atoms with Gasteiger partial charge in [-0.25, -0.2) is 8.42 Å². The highest BCUT2D eigenvalue weighted by atomic mass is 32.2. The first-order valence-electron chi connectivity index (χ1n) is 7.18. The van der Waals surface area contributed by atoms with Gasteiger partial charge in [-0.1, -0.05) is 0 Å². The SMILES string of the molecule is CC1CC2CNCC2N1C(=O)CC1CCS(=O)(=O)C1. The number of hydrogen-bond donors (Lipinski definition) is 1. The molecule has 3 saturated heterocycles. The Kier molecular flexibility index (Phi) is 3.33. The van der Waals surface area contributed by atoms with E-state index in [-0.39, 0.29) is 23.3 Å². The molecule has 19 heavy (non-hydrogen) atoms. The van der Waals surface area contributed by atoms with Gasteiger partial charge in [-0.3, -0.25) is 4.79 Å². The Labute approximate surface area is 114 Å². The fraction of sp³-hybridized carbons (Fsp3) is 0.923. The average Bonchev–Trinajstić information content (AvgIpc) is 2.92. The van der Waals surface area contributed by atoms with Gasteiger partial charge in [-0.2, -0.15) is 0 Å². The van der Waals surface area contributed by atoms with Crippen LogP contribution in [0.2, 0.25) is 0 Å². The van der Waals surface area contributed by atoms with Crippen molar-refractivity contribution in [2.45, 2.75) is 38.3 Å². The maximum Gasteiger partial charge on any atom is 0.223 e. The van der Waals surface area contributed by atoms with Gasteiger partial charge in [0.25, 0.3) is 0 Å². The summed E-state index contributed by atoms with van der Waals surface area (Å²) in [4.78, 5) is 14.5. The molecule has 3 fully saturated rings. The number of nitrogens with one attached hydrogen (secondary N) is 1. The first kappa shape index (κ1) is 13.4. The standard InChI is InChI=1S/C13H22N2O3S/c1-9-4-11-6-14-7-12(11)15(9)13(16)5-10-2-3-19(17,18)8-10/h9-12,14H,2-8H2,1H3. The van der Waals surface area contributed by atoms with Crippen LogP contribution in [0.15, 0.2) is 0 Å². The number of nitrogens with zero attached hydrogens (tertiary/aromatic N) is 1. The zero-order chi connectivity index (χ0) is 13.6. The number of carbonyl (C=O) groups excluding carboxylic acids is 1. The molecule has 0 aromatic heterocycles. The van der Waals surface area contributed by atoms with E-state index < -0.39 is 9.84 Å². The number of fused-ring (bicyclic) bond motifs is 1. The lowest BCUT2D eigenvalue weighted by Crippen LogP contribution is -2.43. The molecule has 3 heterocycles. The zero-order valence-corrected chi connectivity index (χ0v) is 12.2. The molecule has 0 aromatic carbocycles. The average molecular weight is 286 g/mol. The maximum atomic E-state index is 12.5. The molecule has 3 aliphatic heterocycles. The Morgan fingerprint density at radius 3 is 2.84 bits per heavy atom. The van der Waals surface area contributed by atoms with Gasteiger partial charge in [-0.05, 0) is 31.6 Å². The summed E-state index contributed by atoms with van der Waals surface area (Å²) in [7, 11) is -2.88. The van der Waals surface area contributed by atoms with Crippen LogP contribution < -0.4 is 5.32 Å². The highest BCUT2D eigenvalue weighted by Crippen LogP contribution is 2.34. The molecule has 0 aliphatic carbocycles. The Balaban J connectivity index is 1.64. The summed E-state index contributed by atoms with van der Waals surface area (Å²) in [5, 5.41) is 3.35. The number of amides is 1. The summed E-state index contributed by atoms with van der Waals surface area (Å²) < 4.78 is 22.9. The van der Waals surface area contributed by atoms with E-state index in [0.29, 0.717) is 30.8 Å². The molecule has 0 saturated carbocycles. The second-order valence-corrected chi connectivity index (χ2v) is 8.57. The monoisotopic (exact) mass is 286 g/mol. The summed E-state index contributed by atoms with van der Waals surface area (Å²) in [6.45, 7) is 4.02. The number of rotatable bonds is 2. The molecule has 0 bridgehead atoms. The highest BCUT2D eigenvalue weighted by molar-refractivity contribution is 7.91. The van der Waals surface area contributed by atoms with Crippen molar-refractivity contribution in [3.63, 3.8) is 0 Å². The molecule has 1 amide bonds. The van der Waals surface area contributed by atoms with Gasteiger partial charge in [0.15, 0.2) is 9.84 Å². The van der Waals surface area contributed by atoms with Crippen molar-refractivity contribution < 1.29 is 13.2 Å². The smallest absolute Gasteiger partial charge is 0.223 e. The first-order valence-corrected chi connectivity index (χ1v) is 9.01. The largest absolute Gasteiger partial charge is 0.335 e. The van der Waals surface area contributed by atoms with Crippen molar-refractivity contribution in [3.8, 4) is 0 Å². The molecule has 4 atom stereocenters. The third kappa shape index (κ3) is 2.52. The number of likely N-dealkylation sites (tertiary alicyclic amines) is 1. The summed E-state index contributed by atoms with van der Waals surface area (Å²) in [5.74, 6) is 1.25. The lowest BCUT2D eigenvalue weighted by molar-refractivity contribution is -0.134. The van der Waals surface area contributed by atoms with Gasteiger partial charge in [0.2, 0.25) is 5.91 Å². The summed E-state index contributed by atoms with van der Waals surface area (Å²) in [6.07, 6.45) is 2.14. The lowest BCUT2D eigenvalue weighted by Gasteiger charge is -2.28. The minimum Gasteiger partial charge on any atom is -0.335 e. The Bertz CT molecular complexity index is 476.